The van der Waals surface area contributed by atoms with Gasteiger partial charge in [0.05, 0.1) is 4.88 Å². The monoisotopic (exact) mass is 429 g/mol. The Kier molecular flexibility index (Phi) is 6.15. The quantitative estimate of drug-likeness (QED) is 0.738. The molecule has 0 aromatic carbocycles. The Balaban J connectivity index is 1.17. The zero-order valence-electron chi connectivity index (χ0n) is 18.1. The molecule has 2 amide bonds. The third kappa shape index (κ3) is 4.18. The van der Waals surface area contributed by atoms with Crippen LogP contribution in [-0.4, -0.2) is 71.8 Å². The van der Waals surface area contributed by atoms with Crippen LogP contribution in [0.1, 0.15) is 71.5 Å². The fourth-order valence-electron chi connectivity index (χ4n) is 5.93. The Hall–Kier alpha value is -1.40. The van der Waals surface area contributed by atoms with Crippen molar-refractivity contribution in [3.05, 3.63) is 21.4 Å². The predicted octanol–water partition coefficient (Wildman–Crippen LogP) is 3.57. The predicted molar refractivity (Wildman–Crippen MR) is 120 cm³/mol. The minimum absolute atomic E-state index is 0.100. The number of thiophene rings is 1. The van der Waals surface area contributed by atoms with Crippen molar-refractivity contribution in [1.29, 1.82) is 0 Å². The van der Waals surface area contributed by atoms with Gasteiger partial charge >= 0.3 is 0 Å². The van der Waals surface area contributed by atoms with Crippen LogP contribution in [0.15, 0.2) is 6.07 Å². The number of amides is 2. The molecule has 164 valence electrons. The largest absolute Gasteiger partial charge is 0.340 e. The summed E-state index contributed by atoms with van der Waals surface area (Å²) in [6, 6.07) is 2.85. The first-order valence-electron chi connectivity index (χ1n) is 12.1. The van der Waals surface area contributed by atoms with Gasteiger partial charge in [0.15, 0.2) is 0 Å². The van der Waals surface area contributed by atoms with E-state index in [1.165, 1.54) is 42.5 Å². The highest BCUT2D eigenvalue weighted by molar-refractivity contribution is 7.14. The van der Waals surface area contributed by atoms with Crippen LogP contribution in [0, 0.1) is 5.92 Å². The van der Waals surface area contributed by atoms with Gasteiger partial charge in [0.1, 0.15) is 0 Å². The van der Waals surface area contributed by atoms with Crippen LogP contribution in [-0.2, 0) is 17.6 Å². The van der Waals surface area contributed by atoms with Gasteiger partial charge in [0.2, 0.25) is 5.91 Å². The number of carbonyl (C=O) groups excluding carboxylic acids is 2. The fourth-order valence-corrected chi connectivity index (χ4v) is 7.10. The van der Waals surface area contributed by atoms with Crippen molar-refractivity contribution < 1.29 is 9.59 Å². The lowest BCUT2D eigenvalue weighted by Crippen LogP contribution is -2.53. The van der Waals surface area contributed by atoms with Crippen molar-refractivity contribution in [2.75, 3.05) is 39.3 Å². The number of fused-ring (bicyclic) bond motifs is 1. The summed E-state index contributed by atoms with van der Waals surface area (Å²) >= 11 is 1.67. The normalized spacial score (nSPS) is 26.1. The van der Waals surface area contributed by atoms with E-state index in [0.717, 1.165) is 82.3 Å². The van der Waals surface area contributed by atoms with Gasteiger partial charge in [-0.15, -0.1) is 11.3 Å². The molecule has 5 rings (SSSR count). The second kappa shape index (κ2) is 8.99. The highest BCUT2D eigenvalue weighted by Gasteiger charge is 2.33. The number of likely N-dealkylation sites (tertiary alicyclic amines) is 1. The summed E-state index contributed by atoms with van der Waals surface area (Å²) in [7, 11) is 0. The lowest BCUT2D eigenvalue weighted by Gasteiger charge is -2.41. The Bertz CT molecular complexity index is 771. The molecule has 1 unspecified atom stereocenters. The van der Waals surface area contributed by atoms with Crippen molar-refractivity contribution in [2.24, 2.45) is 5.92 Å². The number of carbonyl (C=O) groups is 2. The third-order valence-corrected chi connectivity index (χ3v) is 8.98. The molecule has 0 bridgehead atoms. The molecule has 5 nitrogen and oxygen atoms in total. The van der Waals surface area contributed by atoms with Crippen molar-refractivity contribution in [3.63, 3.8) is 0 Å². The van der Waals surface area contributed by atoms with Gasteiger partial charge < -0.3 is 9.80 Å². The molecule has 1 aromatic heterocycles. The summed E-state index contributed by atoms with van der Waals surface area (Å²) in [5.74, 6) is 0.652. The topological polar surface area (TPSA) is 43.9 Å². The summed E-state index contributed by atoms with van der Waals surface area (Å²) in [6.07, 6.45) is 11.8. The minimum atomic E-state index is 0.100. The van der Waals surface area contributed by atoms with E-state index in [4.69, 9.17) is 0 Å². The highest BCUT2D eigenvalue weighted by Crippen LogP contribution is 2.34. The molecule has 1 atom stereocenters. The van der Waals surface area contributed by atoms with E-state index in [2.05, 4.69) is 15.9 Å². The first kappa shape index (κ1) is 20.5. The summed E-state index contributed by atoms with van der Waals surface area (Å²) in [6.45, 7) is 5.66. The average molecular weight is 430 g/mol. The number of hydrogen-bond acceptors (Lipinski definition) is 4. The molecule has 1 aromatic rings. The van der Waals surface area contributed by atoms with E-state index in [9.17, 15) is 9.59 Å². The van der Waals surface area contributed by atoms with Crippen LogP contribution in [0.25, 0.3) is 0 Å². The maximum atomic E-state index is 13.2. The molecule has 3 fully saturated rings. The number of piperazine rings is 1. The molecule has 0 radical (unpaired) electrons. The Morgan fingerprint density at radius 3 is 2.30 bits per heavy atom. The van der Waals surface area contributed by atoms with Gasteiger partial charge in [-0.25, -0.2) is 0 Å². The lowest BCUT2D eigenvalue weighted by atomic mass is 9.87. The van der Waals surface area contributed by atoms with Crippen LogP contribution >= 0.6 is 11.3 Å². The second-order valence-electron chi connectivity index (χ2n) is 9.65. The van der Waals surface area contributed by atoms with Gasteiger partial charge in [-0.05, 0) is 56.6 Å². The van der Waals surface area contributed by atoms with Crippen molar-refractivity contribution >= 4 is 23.2 Å². The summed E-state index contributed by atoms with van der Waals surface area (Å²) < 4.78 is 0. The molecule has 1 saturated carbocycles. The standard InChI is InChI=1S/C24H35N3O2S/c28-23(27-14-12-25(13-15-27)20-6-2-1-3-7-20)18-8-9-21-19(16-18)17-22(30-21)24(29)26-10-4-5-11-26/h17-18,20H,1-16H2. The second-order valence-corrected chi connectivity index (χ2v) is 10.8. The molecule has 30 heavy (non-hydrogen) atoms. The van der Waals surface area contributed by atoms with Crippen LogP contribution in [0.5, 0.6) is 0 Å². The van der Waals surface area contributed by atoms with E-state index in [-0.39, 0.29) is 11.8 Å². The van der Waals surface area contributed by atoms with Gasteiger partial charge in [0, 0.05) is 56.1 Å². The van der Waals surface area contributed by atoms with Crippen molar-refractivity contribution in [3.8, 4) is 0 Å². The maximum Gasteiger partial charge on any atom is 0.263 e. The number of nitrogens with zero attached hydrogens (tertiary/aromatic N) is 3. The minimum Gasteiger partial charge on any atom is -0.340 e. The molecule has 4 aliphatic rings. The zero-order valence-corrected chi connectivity index (χ0v) is 18.9. The third-order valence-electron chi connectivity index (χ3n) is 7.75. The summed E-state index contributed by atoms with van der Waals surface area (Å²) in [5.41, 5.74) is 1.26. The van der Waals surface area contributed by atoms with Gasteiger partial charge in [-0.2, -0.15) is 0 Å². The first-order valence-corrected chi connectivity index (χ1v) is 12.9. The van der Waals surface area contributed by atoms with Crippen LogP contribution in [0.3, 0.4) is 0 Å². The molecule has 3 heterocycles. The van der Waals surface area contributed by atoms with E-state index in [0.29, 0.717) is 5.91 Å². The van der Waals surface area contributed by atoms with Gasteiger partial charge in [0.25, 0.3) is 5.91 Å². The van der Waals surface area contributed by atoms with E-state index in [1.807, 2.05) is 4.90 Å². The number of hydrogen-bond donors (Lipinski definition) is 0. The molecular weight excluding hydrogens is 394 g/mol. The molecule has 2 saturated heterocycles. The van der Waals surface area contributed by atoms with Crippen LogP contribution < -0.4 is 0 Å². The highest BCUT2D eigenvalue weighted by atomic mass is 32.1. The van der Waals surface area contributed by atoms with Crippen molar-refractivity contribution in [1.82, 2.24) is 14.7 Å². The summed E-state index contributed by atoms with van der Waals surface area (Å²) in [5, 5.41) is 0. The SMILES string of the molecule is O=C(c1cc2c(s1)CCC(C(=O)N1CCN(C3CCCCC3)CC1)C2)N1CCCC1. The molecule has 0 N–H and O–H groups in total. The molecule has 2 aliphatic heterocycles. The summed E-state index contributed by atoms with van der Waals surface area (Å²) in [4.78, 5) is 34.9. The zero-order chi connectivity index (χ0) is 20.5. The maximum absolute atomic E-state index is 13.2. The van der Waals surface area contributed by atoms with Crippen LogP contribution in [0.4, 0.5) is 0 Å². The fraction of sp³-hybridized carbons (Fsp3) is 0.750. The first-order chi connectivity index (χ1) is 14.7. The van der Waals surface area contributed by atoms with Crippen molar-refractivity contribution in [2.45, 2.75) is 70.3 Å². The van der Waals surface area contributed by atoms with E-state index >= 15 is 0 Å². The Morgan fingerprint density at radius 2 is 1.57 bits per heavy atom. The van der Waals surface area contributed by atoms with Gasteiger partial charge in [-0.1, -0.05) is 19.3 Å². The lowest BCUT2D eigenvalue weighted by molar-refractivity contribution is -0.138. The Labute approximate surface area is 184 Å². The molecule has 6 heteroatoms. The Morgan fingerprint density at radius 1 is 0.833 bits per heavy atom. The van der Waals surface area contributed by atoms with E-state index < -0.39 is 0 Å². The molecular formula is C24H35N3O2S. The molecule has 0 spiro atoms. The van der Waals surface area contributed by atoms with Gasteiger partial charge in [-0.3, -0.25) is 14.5 Å². The molecule has 2 aliphatic carbocycles. The average Bonchev–Trinajstić information content (AvgIpc) is 3.48. The van der Waals surface area contributed by atoms with E-state index in [1.54, 1.807) is 11.3 Å². The number of rotatable bonds is 3. The van der Waals surface area contributed by atoms with Crippen LogP contribution in [0.2, 0.25) is 0 Å². The number of aryl methyl sites for hydroxylation is 1. The smallest absolute Gasteiger partial charge is 0.263 e.